The normalized spacial score (nSPS) is 18.1. The summed E-state index contributed by atoms with van der Waals surface area (Å²) in [6, 6.07) is 6.84. The van der Waals surface area contributed by atoms with Gasteiger partial charge in [0.2, 0.25) is 5.91 Å². The van der Waals surface area contributed by atoms with Crippen molar-refractivity contribution in [2.75, 3.05) is 10.6 Å². The molecule has 0 saturated heterocycles. The molecule has 0 radical (unpaired) electrons. The number of carboxylic acids is 1. The highest BCUT2D eigenvalue weighted by molar-refractivity contribution is 7.16. The number of carbonyl (C=O) groups excluding carboxylic acids is 2. The highest BCUT2D eigenvalue weighted by Gasteiger charge is 2.35. The smallest absolute Gasteiger partial charge is 0.307 e. The minimum atomic E-state index is -0.991. The van der Waals surface area contributed by atoms with Gasteiger partial charge in [-0.25, -0.2) is 0 Å². The predicted molar refractivity (Wildman–Crippen MR) is 119 cm³/mol. The van der Waals surface area contributed by atoms with Crippen molar-refractivity contribution in [3.8, 4) is 0 Å². The van der Waals surface area contributed by atoms with Crippen molar-refractivity contribution >= 4 is 51.4 Å². The van der Waals surface area contributed by atoms with E-state index in [1.165, 1.54) is 11.3 Å². The second kappa shape index (κ2) is 9.45. The number of hydrogen-bond donors (Lipinski definition) is 3. The molecule has 1 heterocycles. The molecular formula is C22H23ClN2O4S. The summed E-state index contributed by atoms with van der Waals surface area (Å²) in [7, 11) is 0. The Morgan fingerprint density at radius 1 is 1.17 bits per heavy atom. The maximum absolute atomic E-state index is 13.1. The summed E-state index contributed by atoms with van der Waals surface area (Å²) in [4.78, 5) is 38.5. The summed E-state index contributed by atoms with van der Waals surface area (Å²) in [5.74, 6) is -3.16. The molecule has 0 saturated carbocycles. The first kappa shape index (κ1) is 22.1. The van der Waals surface area contributed by atoms with E-state index in [1.54, 1.807) is 30.3 Å². The van der Waals surface area contributed by atoms with Crippen LogP contribution >= 0.6 is 22.9 Å². The number of thiophene rings is 1. The van der Waals surface area contributed by atoms with Gasteiger partial charge in [0.25, 0.3) is 5.91 Å². The first-order valence-electron chi connectivity index (χ1n) is 9.69. The molecule has 0 spiro atoms. The van der Waals surface area contributed by atoms with Gasteiger partial charge in [-0.05, 0) is 49.9 Å². The summed E-state index contributed by atoms with van der Waals surface area (Å²) in [5, 5.41) is 16.1. The lowest BCUT2D eigenvalue weighted by molar-refractivity contribution is -0.146. The number of amides is 2. The van der Waals surface area contributed by atoms with Crippen molar-refractivity contribution in [2.24, 2.45) is 11.8 Å². The Morgan fingerprint density at radius 3 is 2.50 bits per heavy atom. The van der Waals surface area contributed by atoms with E-state index in [1.807, 2.05) is 19.9 Å². The van der Waals surface area contributed by atoms with E-state index in [2.05, 4.69) is 10.6 Å². The second-order valence-corrected chi connectivity index (χ2v) is 8.80. The third kappa shape index (κ3) is 4.74. The number of aliphatic carboxylic acids is 1. The molecule has 8 heteroatoms. The summed E-state index contributed by atoms with van der Waals surface area (Å²) < 4.78 is 0. The average Bonchev–Trinajstić information content (AvgIpc) is 3.02. The van der Waals surface area contributed by atoms with Gasteiger partial charge in [-0.2, -0.15) is 0 Å². The van der Waals surface area contributed by atoms with Gasteiger partial charge in [-0.3, -0.25) is 14.4 Å². The maximum atomic E-state index is 13.1. The van der Waals surface area contributed by atoms with Crippen LogP contribution in [0.5, 0.6) is 0 Å². The third-order valence-corrected chi connectivity index (χ3v) is 6.49. The van der Waals surface area contributed by atoms with Crippen molar-refractivity contribution in [1.82, 2.24) is 0 Å². The molecular weight excluding hydrogens is 424 g/mol. The van der Waals surface area contributed by atoms with E-state index < -0.39 is 17.8 Å². The third-order valence-electron chi connectivity index (χ3n) is 5.20. The number of benzene rings is 1. The highest BCUT2D eigenvalue weighted by Crippen LogP contribution is 2.36. The minimum Gasteiger partial charge on any atom is -0.481 e. The zero-order valence-electron chi connectivity index (χ0n) is 16.7. The lowest BCUT2D eigenvalue weighted by atomic mass is 9.82. The van der Waals surface area contributed by atoms with Crippen LogP contribution in [0.2, 0.25) is 5.02 Å². The fourth-order valence-corrected chi connectivity index (χ4v) is 5.01. The largest absolute Gasteiger partial charge is 0.481 e. The molecule has 0 unspecified atom stereocenters. The van der Waals surface area contributed by atoms with E-state index in [9.17, 15) is 19.5 Å². The molecule has 0 aliphatic heterocycles. The highest BCUT2D eigenvalue weighted by atomic mass is 35.5. The Balaban J connectivity index is 1.88. The van der Waals surface area contributed by atoms with Crippen LogP contribution < -0.4 is 10.6 Å². The molecule has 2 aromatic rings. The van der Waals surface area contributed by atoms with Crippen molar-refractivity contribution in [2.45, 2.75) is 33.1 Å². The van der Waals surface area contributed by atoms with Crippen molar-refractivity contribution in [3.05, 3.63) is 57.4 Å². The maximum Gasteiger partial charge on any atom is 0.307 e. The van der Waals surface area contributed by atoms with E-state index >= 15 is 0 Å². The van der Waals surface area contributed by atoms with Gasteiger partial charge in [-0.1, -0.05) is 36.7 Å². The quantitative estimate of drug-likeness (QED) is 0.536. The number of hydrogen-bond acceptors (Lipinski definition) is 4. The number of halogens is 1. The molecule has 158 valence electrons. The predicted octanol–water partition coefficient (Wildman–Crippen LogP) is 5.13. The topological polar surface area (TPSA) is 95.5 Å². The van der Waals surface area contributed by atoms with Gasteiger partial charge in [-0.15, -0.1) is 11.3 Å². The van der Waals surface area contributed by atoms with Crippen LogP contribution in [0.1, 0.15) is 40.6 Å². The standard InChI is InChI=1S/C22H23ClN2O4S/c1-3-15-12(2)30-21(18(15)20(27)24-14-8-6-7-13(23)11-14)25-19(26)16-9-4-5-10-17(16)22(28)29/h4-8,11,16-17H,3,9-10H2,1-2H3,(H,24,27)(H,25,26)(H,28,29)/t16-,17+/m1/s1. The Bertz CT molecular complexity index is 1010. The molecule has 3 N–H and O–H groups in total. The molecule has 0 fully saturated rings. The summed E-state index contributed by atoms with van der Waals surface area (Å²) in [6.07, 6.45) is 4.92. The van der Waals surface area contributed by atoms with Crippen molar-refractivity contribution in [3.63, 3.8) is 0 Å². The van der Waals surface area contributed by atoms with E-state index in [0.717, 1.165) is 10.4 Å². The van der Waals surface area contributed by atoms with Crippen LogP contribution in [-0.2, 0) is 16.0 Å². The second-order valence-electron chi connectivity index (χ2n) is 7.14. The van der Waals surface area contributed by atoms with Crippen LogP contribution in [0.4, 0.5) is 10.7 Å². The minimum absolute atomic E-state index is 0.319. The van der Waals surface area contributed by atoms with Crippen LogP contribution in [0, 0.1) is 18.8 Å². The van der Waals surface area contributed by atoms with Crippen molar-refractivity contribution in [1.29, 1.82) is 0 Å². The first-order valence-corrected chi connectivity index (χ1v) is 10.9. The Morgan fingerprint density at radius 2 is 1.87 bits per heavy atom. The summed E-state index contributed by atoms with van der Waals surface area (Å²) in [5.41, 5.74) is 1.82. The summed E-state index contributed by atoms with van der Waals surface area (Å²) >= 11 is 7.33. The molecule has 1 aliphatic rings. The van der Waals surface area contributed by atoms with Crippen LogP contribution in [-0.4, -0.2) is 22.9 Å². The molecule has 3 rings (SSSR count). The van der Waals surface area contributed by atoms with Gasteiger partial charge in [0.1, 0.15) is 5.00 Å². The van der Waals surface area contributed by atoms with Gasteiger partial charge >= 0.3 is 5.97 Å². The molecule has 2 atom stereocenters. The molecule has 1 aromatic carbocycles. The fourth-order valence-electron chi connectivity index (χ4n) is 3.67. The summed E-state index contributed by atoms with van der Waals surface area (Å²) in [6.45, 7) is 3.85. The number of aryl methyl sites for hydroxylation is 1. The Kier molecular flexibility index (Phi) is 6.95. The molecule has 6 nitrogen and oxygen atoms in total. The molecule has 2 amide bonds. The number of allylic oxidation sites excluding steroid dienone is 2. The van der Waals surface area contributed by atoms with Crippen molar-refractivity contribution < 1.29 is 19.5 Å². The number of anilines is 2. The zero-order valence-corrected chi connectivity index (χ0v) is 18.3. The monoisotopic (exact) mass is 446 g/mol. The number of carbonyl (C=O) groups is 3. The first-order chi connectivity index (χ1) is 14.3. The lowest BCUT2D eigenvalue weighted by Gasteiger charge is -2.24. The number of nitrogens with one attached hydrogen (secondary N) is 2. The SMILES string of the molecule is CCc1c(C)sc(NC(=O)[C@@H]2CC=CC[C@@H]2C(=O)O)c1C(=O)Nc1cccc(Cl)c1. The van der Waals surface area contributed by atoms with E-state index in [-0.39, 0.29) is 11.8 Å². The molecule has 0 bridgehead atoms. The van der Waals surface area contributed by atoms with E-state index in [0.29, 0.717) is 40.5 Å². The number of carboxylic acid groups (broad SMARTS) is 1. The van der Waals surface area contributed by atoms with Gasteiger partial charge in [0, 0.05) is 15.6 Å². The van der Waals surface area contributed by atoms with Crippen LogP contribution in [0.3, 0.4) is 0 Å². The van der Waals surface area contributed by atoms with E-state index in [4.69, 9.17) is 11.6 Å². The average molecular weight is 447 g/mol. The number of rotatable bonds is 6. The van der Waals surface area contributed by atoms with Crippen LogP contribution in [0.25, 0.3) is 0 Å². The molecule has 30 heavy (non-hydrogen) atoms. The zero-order chi connectivity index (χ0) is 21.8. The van der Waals surface area contributed by atoms with Crippen LogP contribution in [0.15, 0.2) is 36.4 Å². The van der Waals surface area contributed by atoms with Gasteiger partial charge in [0.05, 0.1) is 17.4 Å². The fraction of sp³-hybridized carbons (Fsp3) is 0.318. The van der Waals surface area contributed by atoms with Gasteiger partial charge < -0.3 is 15.7 Å². The Hall–Kier alpha value is -2.64. The Labute approximate surface area is 183 Å². The molecule has 1 aliphatic carbocycles. The van der Waals surface area contributed by atoms with Gasteiger partial charge in [0.15, 0.2) is 0 Å². The molecule has 1 aromatic heterocycles. The lowest BCUT2D eigenvalue weighted by Crippen LogP contribution is -2.35.